The average Bonchev–Trinajstić information content (AvgIpc) is 3.33. The van der Waals surface area contributed by atoms with Crippen LogP contribution in [0.4, 0.5) is 16.4 Å². The molecular weight excluding hydrogens is 550 g/mol. The maximum absolute atomic E-state index is 11.7. The lowest BCUT2D eigenvalue weighted by Gasteiger charge is -2.43. The van der Waals surface area contributed by atoms with Crippen LogP contribution in [-0.2, 0) is 18.0 Å². The Morgan fingerprint density at radius 2 is 1.90 bits per heavy atom. The molecule has 0 aromatic carbocycles. The van der Waals surface area contributed by atoms with Gasteiger partial charge in [-0.05, 0) is 32.0 Å². The highest BCUT2D eigenvalue weighted by atomic mass is 28.3. The van der Waals surface area contributed by atoms with Crippen molar-refractivity contribution < 1.29 is 14.6 Å². The van der Waals surface area contributed by atoms with Crippen LogP contribution in [0.25, 0.3) is 22.3 Å². The Morgan fingerprint density at radius 3 is 2.60 bits per heavy atom. The fourth-order valence-corrected chi connectivity index (χ4v) is 6.09. The Labute approximate surface area is 246 Å². The zero-order chi connectivity index (χ0) is 29.9. The molecule has 0 spiro atoms. The fourth-order valence-electron chi connectivity index (χ4n) is 5.33. The second-order valence-corrected chi connectivity index (χ2v) is 17.6. The van der Waals surface area contributed by atoms with Crippen molar-refractivity contribution in [3.8, 4) is 11.3 Å². The van der Waals surface area contributed by atoms with Crippen molar-refractivity contribution in [2.45, 2.75) is 64.9 Å². The molecule has 222 valence electrons. The monoisotopic (exact) mass is 589 g/mol. The van der Waals surface area contributed by atoms with Crippen molar-refractivity contribution >= 4 is 36.8 Å². The van der Waals surface area contributed by atoms with Gasteiger partial charge in [0.15, 0.2) is 0 Å². The van der Waals surface area contributed by atoms with Crippen LogP contribution in [0.3, 0.4) is 0 Å². The van der Waals surface area contributed by atoms with Crippen molar-refractivity contribution in [3.63, 3.8) is 0 Å². The van der Waals surface area contributed by atoms with Crippen LogP contribution < -0.4 is 10.2 Å². The molecule has 0 aliphatic carbocycles. The van der Waals surface area contributed by atoms with Gasteiger partial charge in [0.05, 0.1) is 41.6 Å². The number of nitrogens with zero attached hydrogens (tertiary/aromatic N) is 8. The number of piperazine rings is 1. The summed E-state index contributed by atoms with van der Waals surface area (Å²) in [5, 5.41) is 13.9. The number of carboxylic acid groups (broad SMARTS) is 1. The first-order valence-electron chi connectivity index (χ1n) is 14.2. The molecule has 0 radical (unpaired) electrons. The first-order chi connectivity index (χ1) is 20.1. The van der Waals surface area contributed by atoms with Crippen LogP contribution in [0.15, 0.2) is 49.3 Å². The van der Waals surface area contributed by atoms with Gasteiger partial charge in [0.25, 0.3) is 0 Å². The summed E-state index contributed by atoms with van der Waals surface area (Å²) in [5.41, 5.74) is 3.19. The number of amides is 1. The number of anilines is 2. The second-order valence-electron chi connectivity index (χ2n) is 12.0. The summed E-state index contributed by atoms with van der Waals surface area (Å²) in [6.07, 6.45) is 7.73. The summed E-state index contributed by atoms with van der Waals surface area (Å²) in [4.78, 5) is 38.2. The molecule has 1 saturated heterocycles. The lowest BCUT2D eigenvalue weighted by Crippen LogP contribution is -2.58. The second kappa shape index (κ2) is 12.4. The molecule has 1 aliphatic heterocycles. The minimum Gasteiger partial charge on any atom is -0.465 e. The van der Waals surface area contributed by atoms with Crippen LogP contribution in [0.2, 0.25) is 25.7 Å². The van der Waals surface area contributed by atoms with E-state index in [-0.39, 0.29) is 12.1 Å². The highest BCUT2D eigenvalue weighted by Gasteiger charge is 2.33. The number of aromatic nitrogens is 6. The Hall–Kier alpha value is -4.10. The maximum Gasteiger partial charge on any atom is 0.407 e. The average molecular weight is 590 g/mol. The van der Waals surface area contributed by atoms with E-state index in [1.165, 1.54) is 4.90 Å². The fraction of sp³-hybridized carbons (Fsp3) is 0.448. The molecule has 1 aliphatic rings. The molecule has 2 N–H and O–H groups in total. The number of pyridine rings is 1. The Kier molecular flexibility index (Phi) is 8.68. The number of fused-ring (bicyclic) bond motifs is 1. The first kappa shape index (κ1) is 29.4. The normalized spacial score (nSPS) is 17.5. The molecular formula is C29H39N9O3Si. The third kappa shape index (κ3) is 6.68. The van der Waals surface area contributed by atoms with E-state index in [0.29, 0.717) is 38.8 Å². The van der Waals surface area contributed by atoms with Gasteiger partial charge in [-0.15, -0.1) is 0 Å². The molecule has 42 heavy (non-hydrogen) atoms. The Balaban J connectivity index is 1.37. The summed E-state index contributed by atoms with van der Waals surface area (Å²) < 4.78 is 8.05. The SMILES string of the molecule is C[C@@H]1CN(c2cccc(CNc3ncnc4c3c(-c3cnccn3)cn4COCC[Si](C)(C)C)n2)C[C@H](C)N1C(=O)O. The highest BCUT2D eigenvalue weighted by molar-refractivity contribution is 6.76. The van der Waals surface area contributed by atoms with E-state index in [0.717, 1.165) is 39.8 Å². The van der Waals surface area contributed by atoms with E-state index in [1.54, 1.807) is 24.9 Å². The van der Waals surface area contributed by atoms with E-state index in [2.05, 4.69) is 49.8 Å². The van der Waals surface area contributed by atoms with E-state index in [9.17, 15) is 9.90 Å². The Morgan fingerprint density at radius 1 is 1.12 bits per heavy atom. The highest BCUT2D eigenvalue weighted by Crippen LogP contribution is 2.33. The molecule has 1 fully saturated rings. The van der Waals surface area contributed by atoms with Gasteiger partial charge >= 0.3 is 6.09 Å². The van der Waals surface area contributed by atoms with Gasteiger partial charge in [0.2, 0.25) is 0 Å². The lowest BCUT2D eigenvalue weighted by molar-refractivity contribution is 0.0899. The topological polar surface area (TPSA) is 134 Å². The predicted molar refractivity (Wildman–Crippen MR) is 165 cm³/mol. The number of ether oxygens (including phenoxy) is 1. The van der Waals surface area contributed by atoms with E-state index in [4.69, 9.17) is 9.72 Å². The van der Waals surface area contributed by atoms with E-state index >= 15 is 0 Å². The number of carbonyl (C=O) groups is 1. The number of rotatable bonds is 10. The quantitative estimate of drug-likeness (QED) is 0.196. The summed E-state index contributed by atoms with van der Waals surface area (Å²) in [5.74, 6) is 1.50. The first-order valence-corrected chi connectivity index (χ1v) is 18.0. The Bertz CT molecular complexity index is 1510. The third-order valence-electron chi connectivity index (χ3n) is 7.41. The molecule has 0 saturated carbocycles. The van der Waals surface area contributed by atoms with Crippen molar-refractivity contribution in [3.05, 3.63) is 55.0 Å². The molecule has 13 heteroatoms. The third-order valence-corrected chi connectivity index (χ3v) is 9.12. The molecule has 4 aromatic rings. The smallest absolute Gasteiger partial charge is 0.407 e. The standard InChI is InChI=1S/C29H39N9O3Si/c1-20-15-36(16-21(2)38(20)29(39)40)25-8-6-7-22(35-25)13-32-27-26-23(24-14-30-9-10-31-24)17-37(28(26)34-18-33-27)19-41-11-12-42(3,4)5/h6-10,14,17-18,20-21H,11-13,15-16,19H2,1-5H3,(H,39,40)(H,32,33,34)/t20-,21+. The zero-order valence-electron chi connectivity index (χ0n) is 24.9. The van der Waals surface area contributed by atoms with Crippen LogP contribution >= 0.6 is 0 Å². The van der Waals surface area contributed by atoms with Gasteiger partial charge in [-0.2, -0.15) is 0 Å². The van der Waals surface area contributed by atoms with Crippen LogP contribution in [0.5, 0.6) is 0 Å². The van der Waals surface area contributed by atoms with Gasteiger partial charge in [0.1, 0.15) is 30.3 Å². The van der Waals surface area contributed by atoms with Crippen LogP contribution in [0, 0.1) is 0 Å². The molecule has 0 bridgehead atoms. The molecule has 2 atom stereocenters. The largest absolute Gasteiger partial charge is 0.465 e. The molecule has 5 rings (SSSR count). The van der Waals surface area contributed by atoms with Gasteiger partial charge in [-0.1, -0.05) is 25.7 Å². The number of hydrogen-bond acceptors (Lipinski definition) is 9. The molecule has 4 aromatic heterocycles. The van der Waals surface area contributed by atoms with Crippen molar-refractivity contribution in [2.75, 3.05) is 29.9 Å². The van der Waals surface area contributed by atoms with E-state index in [1.807, 2.05) is 42.8 Å². The molecule has 1 amide bonds. The zero-order valence-corrected chi connectivity index (χ0v) is 25.9. The summed E-state index contributed by atoms with van der Waals surface area (Å²) in [7, 11) is -1.20. The summed E-state index contributed by atoms with van der Waals surface area (Å²) in [6.45, 7) is 13.6. The van der Waals surface area contributed by atoms with Crippen LogP contribution in [-0.4, -0.2) is 85.4 Å². The van der Waals surface area contributed by atoms with Gasteiger partial charge in [-0.3, -0.25) is 14.9 Å². The number of nitrogens with one attached hydrogen (secondary N) is 1. The maximum atomic E-state index is 11.7. The van der Waals surface area contributed by atoms with Gasteiger partial charge in [-0.25, -0.2) is 19.7 Å². The molecule has 12 nitrogen and oxygen atoms in total. The molecule has 0 unspecified atom stereocenters. The van der Waals surface area contributed by atoms with E-state index < -0.39 is 14.2 Å². The predicted octanol–water partition coefficient (Wildman–Crippen LogP) is 4.78. The summed E-state index contributed by atoms with van der Waals surface area (Å²) >= 11 is 0. The molecule has 5 heterocycles. The minimum absolute atomic E-state index is 0.132. The van der Waals surface area contributed by atoms with Crippen molar-refractivity contribution in [1.82, 2.24) is 34.4 Å². The van der Waals surface area contributed by atoms with Crippen molar-refractivity contribution in [1.29, 1.82) is 0 Å². The van der Waals surface area contributed by atoms with Gasteiger partial charge < -0.3 is 24.6 Å². The minimum atomic E-state index is -1.20. The summed E-state index contributed by atoms with van der Waals surface area (Å²) in [6, 6.07) is 6.74. The van der Waals surface area contributed by atoms with Crippen molar-refractivity contribution in [2.24, 2.45) is 0 Å². The van der Waals surface area contributed by atoms with Crippen LogP contribution in [0.1, 0.15) is 19.5 Å². The lowest BCUT2D eigenvalue weighted by atomic mass is 10.1. The van der Waals surface area contributed by atoms with Gasteiger partial charge in [0, 0.05) is 51.9 Å². The number of hydrogen-bond donors (Lipinski definition) is 2.